The molecule has 17 rings (SSSR count). The molecule has 0 amide bonds. The van der Waals surface area contributed by atoms with Gasteiger partial charge in [-0.25, -0.2) is 4.98 Å². The molecule has 4 aromatic heterocycles. The third-order valence-corrected chi connectivity index (χ3v) is 19.3. The number of hydrogen-bond acceptors (Lipinski definition) is 4. The summed E-state index contributed by atoms with van der Waals surface area (Å²) < 4.78 is 7.32. The molecule has 482 valence electrons. The number of nitrogens with one attached hydrogen (secondary N) is 1. The second-order valence-corrected chi connectivity index (χ2v) is 25.5. The highest BCUT2D eigenvalue weighted by Gasteiger charge is 2.31. The first-order valence-corrected chi connectivity index (χ1v) is 34.6. The van der Waals surface area contributed by atoms with Gasteiger partial charge < -0.3 is 24.3 Å². The van der Waals surface area contributed by atoms with Crippen molar-refractivity contribution in [1.82, 2.24) is 18.7 Å². The zero-order valence-corrected chi connectivity index (χ0v) is 56.0. The molecule has 7 heteroatoms. The van der Waals surface area contributed by atoms with Crippen LogP contribution >= 0.6 is 0 Å². The molecule has 0 saturated heterocycles. The molecule has 0 radical (unpaired) electrons. The van der Waals surface area contributed by atoms with Crippen molar-refractivity contribution in [2.24, 2.45) is 0 Å². The summed E-state index contributed by atoms with van der Waals surface area (Å²) in [5, 5.41) is 10.9. The van der Waals surface area contributed by atoms with E-state index in [1.807, 2.05) is 12.2 Å². The average molecular weight is 1300 g/mol. The van der Waals surface area contributed by atoms with Crippen molar-refractivity contribution in [3.63, 3.8) is 0 Å². The van der Waals surface area contributed by atoms with Crippen LogP contribution < -0.4 is 15.1 Å². The third-order valence-electron chi connectivity index (χ3n) is 19.3. The number of para-hydroxylation sites is 8. The number of benzene rings is 13. The van der Waals surface area contributed by atoms with Crippen LogP contribution in [0.5, 0.6) is 0 Å². The normalized spacial score (nSPS) is 11.9. The predicted molar refractivity (Wildman–Crippen MR) is 428 cm³/mol. The van der Waals surface area contributed by atoms with Gasteiger partial charge in [0.05, 0.1) is 38.8 Å². The van der Waals surface area contributed by atoms with Crippen molar-refractivity contribution in [2.75, 3.05) is 15.1 Å². The smallest absolute Gasteiger partial charge is 0.157 e. The molecule has 0 spiro atoms. The van der Waals surface area contributed by atoms with Gasteiger partial charge in [-0.2, -0.15) is 0 Å². The molecule has 0 unspecified atom stereocenters. The van der Waals surface area contributed by atoms with Crippen LogP contribution in [0.3, 0.4) is 0 Å². The number of aromatic nitrogens is 4. The van der Waals surface area contributed by atoms with E-state index in [2.05, 4.69) is 400 Å². The highest BCUT2D eigenvalue weighted by Crippen LogP contribution is 2.51. The van der Waals surface area contributed by atoms with Gasteiger partial charge in [0, 0.05) is 89.0 Å². The first kappa shape index (κ1) is 61.4. The summed E-state index contributed by atoms with van der Waals surface area (Å²) in [6.45, 7) is 6.02. The largest absolute Gasteiger partial charge is 0.342 e. The maximum absolute atomic E-state index is 6.19. The van der Waals surface area contributed by atoms with E-state index in [1.165, 1.54) is 0 Å². The van der Waals surface area contributed by atoms with E-state index in [-0.39, 0.29) is 0 Å². The van der Waals surface area contributed by atoms with Crippen LogP contribution in [-0.4, -0.2) is 18.7 Å². The van der Waals surface area contributed by atoms with Crippen molar-refractivity contribution in [3.05, 3.63) is 382 Å². The number of pyridine rings is 1. The van der Waals surface area contributed by atoms with Gasteiger partial charge in [-0.05, 0) is 169 Å². The SMILES string of the molecule is C=C/C=C\CC/C=C\C=C(/C)Nc1nc(-n2c3ccccc3c3ccccc32)c(-c2ccc(-n3c4ccc(N(c5ccccc5)c5ccccc5)cc4c4cc(N(c5ccccc5)c5ccccc5)ccc43)cc2)c(-c2ccccc2-c2ccccc2)c1-n1c2ccccc2c2ccccc21. The predicted octanol–water partition coefficient (Wildman–Crippen LogP) is 25.7. The summed E-state index contributed by atoms with van der Waals surface area (Å²) in [5.41, 5.74) is 22.0. The molecule has 17 aromatic rings. The lowest BCUT2D eigenvalue weighted by atomic mass is 9.88. The highest BCUT2D eigenvalue weighted by molar-refractivity contribution is 6.15. The Morgan fingerprint density at radius 3 is 1.22 bits per heavy atom. The minimum Gasteiger partial charge on any atom is -0.342 e. The van der Waals surface area contributed by atoms with Crippen molar-refractivity contribution in [2.45, 2.75) is 19.8 Å². The van der Waals surface area contributed by atoms with Crippen LogP contribution in [0.2, 0.25) is 0 Å². The first-order valence-electron chi connectivity index (χ1n) is 34.6. The average Bonchev–Trinajstić information content (AvgIpc) is 1.66. The Morgan fingerprint density at radius 1 is 0.356 bits per heavy atom. The molecule has 101 heavy (non-hydrogen) atoms. The standard InChI is InChI=1S/C94H71N7/c1-3-4-5-6-7-8-14-35-66(2)95-93-92(100-84-52-31-27-47-77(84)78-48-28-32-53-85(78)100)91(81-51-26-25-46-76(81)67-36-15-9-16-37-67)90(94(96-93)101-86-54-33-29-49-79(86)80-50-30-34-55-87(80)101)68-56-58-73(59-57-68)99-88-62-60-74(97(69-38-17-10-18-39-69)70-40-19-11-20-41-70)64-82(88)83-65-75(61-63-89(83)99)98(71-42-21-12-22-43-71)72-44-23-13-24-45-72/h3-5,8-65H,1,6-7H2,2H3,(H,95,96)/b5-4-,14-8-,66-35+. The second kappa shape index (κ2) is 27.0. The molecule has 0 aliphatic rings. The number of rotatable bonds is 19. The fourth-order valence-electron chi connectivity index (χ4n) is 14.9. The molecule has 0 aliphatic carbocycles. The van der Waals surface area contributed by atoms with E-state index < -0.39 is 0 Å². The molecule has 0 aliphatic heterocycles. The van der Waals surface area contributed by atoms with Crippen molar-refractivity contribution in [1.29, 1.82) is 0 Å². The van der Waals surface area contributed by atoms with Crippen molar-refractivity contribution >= 4 is 105 Å². The van der Waals surface area contributed by atoms with E-state index in [0.717, 1.165) is 169 Å². The van der Waals surface area contributed by atoms with Crippen LogP contribution in [0.4, 0.5) is 39.9 Å². The molecular weight excluding hydrogens is 1230 g/mol. The van der Waals surface area contributed by atoms with Gasteiger partial charge in [-0.1, -0.05) is 249 Å². The van der Waals surface area contributed by atoms with Crippen LogP contribution in [-0.2, 0) is 0 Å². The van der Waals surface area contributed by atoms with E-state index >= 15 is 0 Å². The highest BCUT2D eigenvalue weighted by atomic mass is 15.2. The number of fused-ring (bicyclic) bond motifs is 9. The minimum absolute atomic E-state index is 0.711. The summed E-state index contributed by atoms with van der Waals surface area (Å²) in [6, 6.07) is 121. The fourth-order valence-corrected chi connectivity index (χ4v) is 14.9. The van der Waals surface area contributed by atoms with E-state index in [1.54, 1.807) is 0 Å². The number of allylic oxidation sites excluding steroid dienone is 7. The lowest BCUT2D eigenvalue weighted by Gasteiger charge is -2.26. The summed E-state index contributed by atoms with van der Waals surface area (Å²) >= 11 is 0. The molecule has 7 nitrogen and oxygen atoms in total. The second-order valence-electron chi connectivity index (χ2n) is 25.5. The molecular formula is C94H71N7. The molecule has 0 atom stereocenters. The molecule has 0 fully saturated rings. The first-order chi connectivity index (χ1) is 50.1. The minimum atomic E-state index is 0.711. The zero-order valence-electron chi connectivity index (χ0n) is 56.0. The van der Waals surface area contributed by atoms with E-state index in [0.29, 0.717) is 5.82 Å². The monoisotopic (exact) mass is 1300 g/mol. The summed E-state index contributed by atoms with van der Waals surface area (Å²) in [6.07, 6.45) is 14.4. The van der Waals surface area contributed by atoms with E-state index in [9.17, 15) is 0 Å². The van der Waals surface area contributed by atoms with Crippen molar-refractivity contribution in [3.8, 4) is 50.6 Å². The van der Waals surface area contributed by atoms with Crippen LogP contribution in [0.25, 0.3) is 116 Å². The van der Waals surface area contributed by atoms with Gasteiger partial charge in [0.15, 0.2) is 5.82 Å². The van der Waals surface area contributed by atoms with Crippen molar-refractivity contribution < 1.29 is 0 Å². The molecule has 13 aromatic carbocycles. The molecule has 1 N–H and O–H groups in total. The van der Waals surface area contributed by atoms with Gasteiger partial charge in [-0.15, -0.1) is 0 Å². The Bertz CT molecular complexity index is 5680. The zero-order chi connectivity index (χ0) is 67.6. The number of nitrogens with zero attached hydrogens (tertiary/aromatic N) is 6. The molecule has 0 bridgehead atoms. The maximum atomic E-state index is 6.19. The number of unbranched alkanes of at least 4 members (excludes halogenated alkanes) is 1. The maximum Gasteiger partial charge on any atom is 0.157 e. The number of anilines is 7. The lowest BCUT2D eigenvalue weighted by molar-refractivity contribution is 1.05. The van der Waals surface area contributed by atoms with E-state index in [4.69, 9.17) is 4.98 Å². The Balaban J connectivity index is 0.959. The van der Waals surface area contributed by atoms with Gasteiger partial charge in [0.2, 0.25) is 0 Å². The lowest BCUT2D eigenvalue weighted by Crippen LogP contribution is -2.13. The van der Waals surface area contributed by atoms with Crippen LogP contribution in [0, 0.1) is 0 Å². The molecule has 0 saturated carbocycles. The van der Waals surface area contributed by atoms with Gasteiger partial charge in [0.1, 0.15) is 5.82 Å². The summed E-state index contributed by atoms with van der Waals surface area (Å²) in [7, 11) is 0. The Hall–Kier alpha value is -13.2. The summed E-state index contributed by atoms with van der Waals surface area (Å²) in [5.74, 6) is 1.50. The Kier molecular flexibility index (Phi) is 16.4. The van der Waals surface area contributed by atoms with Gasteiger partial charge in [-0.3, -0.25) is 4.57 Å². The van der Waals surface area contributed by atoms with Gasteiger partial charge >= 0.3 is 0 Å². The quantitative estimate of drug-likeness (QED) is 0.0647. The summed E-state index contributed by atoms with van der Waals surface area (Å²) in [4.78, 5) is 10.9. The molecule has 4 heterocycles. The Labute approximate surface area is 588 Å². The van der Waals surface area contributed by atoms with Gasteiger partial charge in [0.25, 0.3) is 0 Å². The van der Waals surface area contributed by atoms with Crippen LogP contribution in [0.1, 0.15) is 19.8 Å². The topological polar surface area (TPSA) is 46.2 Å². The van der Waals surface area contributed by atoms with Crippen LogP contribution in [0.15, 0.2) is 382 Å². The number of hydrogen-bond donors (Lipinski definition) is 1. The fraction of sp³-hybridized carbons (Fsp3) is 0.0319. The third kappa shape index (κ3) is 11.3. The Morgan fingerprint density at radius 2 is 0.752 bits per heavy atom.